The Morgan fingerprint density at radius 2 is 2.00 bits per heavy atom. The van der Waals surface area contributed by atoms with E-state index >= 15 is 0 Å². The second kappa shape index (κ2) is 6.13. The lowest BCUT2D eigenvalue weighted by Gasteiger charge is -2.31. The van der Waals surface area contributed by atoms with E-state index in [1.54, 1.807) is 0 Å². The quantitative estimate of drug-likeness (QED) is 0.654. The third-order valence-electron chi connectivity index (χ3n) is 3.88. The molecule has 0 amide bonds. The summed E-state index contributed by atoms with van der Waals surface area (Å²) in [6.45, 7) is 5.21. The lowest BCUT2D eigenvalue weighted by molar-refractivity contribution is -0.908. The Morgan fingerprint density at radius 1 is 1.35 bits per heavy atom. The Morgan fingerprint density at radius 3 is 2.65 bits per heavy atom. The van der Waals surface area contributed by atoms with Gasteiger partial charge in [0.15, 0.2) is 0 Å². The Bertz CT molecular complexity index is 513. The normalized spacial score (nSPS) is 28.4. The standard InChI is InChI=1S/C15H19FN2O2/c1-10-9-18(3)11(2)8-14(10)17-20-15(19)12-4-6-13(16)7-5-12/h4-7,10-11H,8-9H2,1-3H3/p+1/b17-14-/t10-,11-/m1/s1. The smallest absolute Gasteiger partial charge is 0.334 e. The summed E-state index contributed by atoms with van der Waals surface area (Å²) in [5, 5.41) is 4.01. The number of piperidine rings is 1. The van der Waals surface area contributed by atoms with Crippen molar-refractivity contribution >= 4 is 11.7 Å². The van der Waals surface area contributed by atoms with Gasteiger partial charge in [0.2, 0.25) is 0 Å². The van der Waals surface area contributed by atoms with Crippen molar-refractivity contribution in [1.82, 2.24) is 0 Å². The number of nitrogens with one attached hydrogen (secondary N) is 1. The van der Waals surface area contributed by atoms with Crippen LogP contribution in [0.25, 0.3) is 0 Å². The van der Waals surface area contributed by atoms with Crippen molar-refractivity contribution in [2.45, 2.75) is 26.3 Å². The number of hydrogen-bond donors (Lipinski definition) is 1. The maximum absolute atomic E-state index is 12.8. The summed E-state index contributed by atoms with van der Waals surface area (Å²) in [6.07, 6.45) is 0.823. The topological polar surface area (TPSA) is 43.1 Å². The first-order chi connectivity index (χ1) is 9.47. The molecule has 108 valence electrons. The number of hydrogen-bond acceptors (Lipinski definition) is 3. The molecule has 0 aromatic heterocycles. The number of quaternary nitrogens is 1. The minimum absolute atomic E-state index is 0.298. The fraction of sp³-hybridized carbons (Fsp3) is 0.467. The summed E-state index contributed by atoms with van der Waals surface area (Å²) in [6, 6.07) is 5.71. The van der Waals surface area contributed by atoms with Gasteiger partial charge in [0.25, 0.3) is 0 Å². The van der Waals surface area contributed by atoms with Crippen molar-refractivity contribution in [1.29, 1.82) is 0 Å². The van der Waals surface area contributed by atoms with Crippen LogP contribution in [0.1, 0.15) is 30.6 Å². The minimum atomic E-state index is -0.552. The van der Waals surface area contributed by atoms with Gasteiger partial charge in [-0.1, -0.05) is 12.1 Å². The second-order valence-corrected chi connectivity index (χ2v) is 5.52. The van der Waals surface area contributed by atoms with E-state index in [2.05, 4.69) is 26.1 Å². The van der Waals surface area contributed by atoms with Crippen LogP contribution in [0.4, 0.5) is 4.39 Å². The van der Waals surface area contributed by atoms with E-state index < -0.39 is 5.97 Å². The molecule has 0 aliphatic carbocycles. The number of carbonyl (C=O) groups is 1. The molecule has 5 heteroatoms. The van der Waals surface area contributed by atoms with Gasteiger partial charge in [0, 0.05) is 12.3 Å². The summed E-state index contributed by atoms with van der Waals surface area (Å²) in [4.78, 5) is 18.2. The number of halogens is 1. The van der Waals surface area contributed by atoms with Gasteiger partial charge in [-0.15, -0.1) is 0 Å². The third kappa shape index (κ3) is 3.42. The van der Waals surface area contributed by atoms with Gasteiger partial charge in [-0.05, 0) is 31.2 Å². The highest BCUT2D eigenvalue weighted by Gasteiger charge is 2.29. The molecule has 0 spiro atoms. The molecule has 1 fully saturated rings. The maximum Gasteiger partial charge on any atom is 0.365 e. The molecule has 1 saturated heterocycles. The monoisotopic (exact) mass is 279 g/mol. The zero-order valence-electron chi connectivity index (χ0n) is 12.0. The van der Waals surface area contributed by atoms with Crippen LogP contribution >= 0.6 is 0 Å². The fourth-order valence-electron chi connectivity index (χ4n) is 2.36. The Balaban J connectivity index is 2.01. The Labute approximate surface area is 118 Å². The molecule has 4 nitrogen and oxygen atoms in total. The summed E-state index contributed by atoms with van der Waals surface area (Å²) >= 11 is 0. The molecule has 3 atom stereocenters. The molecule has 20 heavy (non-hydrogen) atoms. The third-order valence-corrected chi connectivity index (χ3v) is 3.88. The SMILES string of the molecule is C[C@@H]1C[NH+](C)[C@H](C)C/C1=N/OC(=O)c1ccc(F)cc1. The van der Waals surface area contributed by atoms with Crippen LogP contribution in [0.3, 0.4) is 0 Å². The van der Waals surface area contributed by atoms with Crippen molar-refractivity contribution in [3.63, 3.8) is 0 Å². The highest BCUT2D eigenvalue weighted by molar-refractivity contribution is 5.91. The predicted molar refractivity (Wildman–Crippen MR) is 74.2 cm³/mol. The number of nitrogens with zero attached hydrogens (tertiary/aromatic N) is 1. The first-order valence-corrected chi connectivity index (χ1v) is 6.83. The van der Waals surface area contributed by atoms with Crippen LogP contribution in [0.15, 0.2) is 29.4 Å². The highest BCUT2D eigenvalue weighted by Crippen LogP contribution is 2.10. The van der Waals surface area contributed by atoms with E-state index in [0.29, 0.717) is 17.5 Å². The molecule has 1 N–H and O–H groups in total. The van der Waals surface area contributed by atoms with Crippen molar-refractivity contribution in [3.05, 3.63) is 35.6 Å². The van der Waals surface area contributed by atoms with Crippen molar-refractivity contribution in [2.75, 3.05) is 13.6 Å². The van der Waals surface area contributed by atoms with Gasteiger partial charge in [0.05, 0.1) is 30.9 Å². The molecule has 2 rings (SSSR count). The van der Waals surface area contributed by atoms with Crippen molar-refractivity contribution in [3.8, 4) is 0 Å². The van der Waals surface area contributed by atoms with Gasteiger partial charge >= 0.3 is 5.97 Å². The summed E-state index contributed by atoms with van der Waals surface area (Å²) in [7, 11) is 2.16. The number of oxime groups is 1. The van der Waals surface area contributed by atoms with Gasteiger partial charge in [-0.2, -0.15) is 0 Å². The molecular weight excluding hydrogens is 259 g/mol. The van der Waals surface area contributed by atoms with Crippen LogP contribution in [0, 0.1) is 11.7 Å². The fourth-order valence-corrected chi connectivity index (χ4v) is 2.36. The molecule has 1 heterocycles. The van der Waals surface area contributed by atoms with E-state index in [1.807, 2.05) is 0 Å². The van der Waals surface area contributed by atoms with Crippen LogP contribution in [-0.4, -0.2) is 31.3 Å². The van der Waals surface area contributed by atoms with Gasteiger partial charge < -0.3 is 9.74 Å². The Kier molecular flexibility index (Phi) is 4.49. The predicted octanol–water partition coefficient (Wildman–Crippen LogP) is 1.28. The average Bonchev–Trinajstić information content (AvgIpc) is 2.42. The molecule has 1 aliphatic heterocycles. The second-order valence-electron chi connectivity index (χ2n) is 5.52. The summed E-state index contributed by atoms with van der Waals surface area (Å²) in [5.41, 5.74) is 1.22. The van der Waals surface area contributed by atoms with Gasteiger partial charge in [-0.25, -0.2) is 9.18 Å². The highest BCUT2D eigenvalue weighted by atomic mass is 19.1. The van der Waals surface area contributed by atoms with E-state index in [9.17, 15) is 9.18 Å². The lowest BCUT2D eigenvalue weighted by Crippen LogP contribution is -3.14. The van der Waals surface area contributed by atoms with Crippen LogP contribution in [0.5, 0.6) is 0 Å². The maximum atomic E-state index is 12.8. The Hall–Kier alpha value is -1.75. The zero-order chi connectivity index (χ0) is 14.7. The molecule has 0 bridgehead atoms. The van der Waals surface area contributed by atoms with E-state index in [-0.39, 0.29) is 5.82 Å². The van der Waals surface area contributed by atoms with E-state index in [4.69, 9.17) is 4.84 Å². The minimum Gasteiger partial charge on any atom is -0.334 e. The van der Waals surface area contributed by atoms with E-state index in [0.717, 1.165) is 18.7 Å². The molecule has 1 aromatic rings. The van der Waals surface area contributed by atoms with Crippen LogP contribution < -0.4 is 4.90 Å². The molecule has 1 unspecified atom stereocenters. The first kappa shape index (κ1) is 14.7. The molecule has 1 aliphatic rings. The molecule has 0 saturated carbocycles. The lowest BCUT2D eigenvalue weighted by atomic mass is 9.93. The number of rotatable bonds is 2. The molecule has 1 aromatic carbocycles. The molecule has 0 radical (unpaired) electrons. The van der Waals surface area contributed by atoms with Crippen LogP contribution in [0.2, 0.25) is 0 Å². The van der Waals surface area contributed by atoms with E-state index in [1.165, 1.54) is 29.2 Å². The van der Waals surface area contributed by atoms with Crippen molar-refractivity contribution < 1.29 is 18.9 Å². The summed E-state index contributed by atoms with van der Waals surface area (Å²) < 4.78 is 12.8. The summed E-state index contributed by atoms with van der Waals surface area (Å²) in [5.74, 6) is -0.635. The molecular formula is C15H20FN2O2+. The largest absolute Gasteiger partial charge is 0.365 e. The first-order valence-electron chi connectivity index (χ1n) is 6.83. The number of likely N-dealkylation sites (tertiary alicyclic amines) is 1. The number of carbonyl (C=O) groups excluding carboxylic acids is 1. The van der Waals surface area contributed by atoms with Gasteiger partial charge in [-0.3, -0.25) is 0 Å². The zero-order valence-corrected chi connectivity index (χ0v) is 12.0. The van der Waals surface area contributed by atoms with Gasteiger partial charge in [0.1, 0.15) is 5.82 Å². The van der Waals surface area contributed by atoms with Crippen LogP contribution in [-0.2, 0) is 4.84 Å². The number of benzene rings is 1. The van der Waals surface area contributed by atoms with Crippen molar-refractivity contribution in [2.24, 2.45) is 11.1 Å². The average molecular weight is 279 g/mol.